The monoisotopic (exact) mass is 241 g/mol. The number of nitrogens with one attached hydrogen (secondary N) is 1. The van der Waals surface area contributed by atoms with Crippen LogP contribution < -0.4 is 11.1 Å². The van der Waals surface area contributed by atoms with Crippen LogP contribution in [0.15, 0.2) is 6.20 Å². The SMILES string of the molecule is CC(C)CNC(C(N)=O)c1cn(CCO)nn1. The van der Waals surface area contributed by atoms with Gasteiger partial charge in [0.2, 0.25) is 5.91 Å². The molecule has 0 bridgehead atoms. The van der Waals surface area contributed by atoms with Crippen molar-refractivity contribution in [1.29, 1.82) is 0 Å². The van der Waals surface area contributed by atoms with Crippen molar-refractivity contribution in [3.8, 4) is 0 Å². The smallest absolute Gasteiger partial charge is 0.240 e. The molecule has 1 rings (SSSR count). The van der Waals surface area contributed by atoms with E-state index in [1.165, 1.54) is 4.68 Å². The van der Waals surface area contributed by atoms with E-state index in [4.69, 9.17) is 10.8 Å². The van der Waals surface area contributed by atoms with Gasteiger partial charge in [-0.25, -0.2) is 4.68 Å². The highest BCUT2D eigenvalue weighted by atomic mass is 16.3. The Morgan fingerprint density at radius 1 is 1.65 bits per heavy atom. The molecular formula is C10H19N5O2. The second-order valence-corrected chi connectivity index (χ2v) is 4.27. The third kappa shape index (κ3) is 4.12. The van der Waals surface area contributed by atoms with Crippen LogP contribution in [0.4, 0.5) is 0 Å². The van der Waals surface area contributed by atoms with Gasteiger partial charge in [-0.3, -0.25) is 4.79 Å². The molecule has 7 heteroatoms. The van der Waals surface area contributed by atoms with E-state index < -0.39 is 11.9 Å². The third-order valence-electron chi connectivity index (χ3n) is 2.20. The number of aliphatic hydroxyl groups is 1. The van der Waals surface area contributed by atoms with Gasteiger partial charge < -0.3 is 16.2 Å². The molecule has 0 aliphatic heterocycles. The summed E-state index contributed by atoms with van der Waals surface area (Å²) >= 11 is 0. The average Bonchev–Trinajstić information content (AvgIpc) is 2.66. The minimum Gasteiger partial charge on any atom is -0.394 e. The molecule has 0 fully saturated rings. The second-order valence-electron chi connectivity index (χ2n) is 4.27. The van der Waals surface area contributed by atoms with Crippen LogP contribution in [0, 0.1) is 5.92 Å². The van der Waals surface area contributed by atoms with Gasteiger partial charge in [0, 0.05) is 0 Å². The molecule has 0 saturated carbocycles. The minimum atomic E-state index is -0.634. The largest absolute Gasteiger partial charge is 0.394 e. The Bertz CT molecular complexity index is 363. The number of amides is 1. The van der Waals surface area contributed by atoms with Crippen molar-refractivity contribution in [2.45, 2.75) is 26.4 Å². The molecule has 4 N–H and O–H groups in total. The average molecular weight is 241 g/mol. The molecule has 17 heavy (non-hydrogen) atoms. The highest BCUT2D eigenvalue weighted by Gasteiger charge is 2.20. The number of aliphatic hydroxyl groups excluding tert-OH is 1. The summed E-state index contributed by atoms with van der Waals surface area (Å²) in [6, 6.07) is -0.634. The molecule has 7 nitrogen and oxygen atoms in total. The number of nitrogens with two attached hydrogens (primary N) is 1. The molecule has 96 valence electrons. The fourth-order valence-corrected chi connectivity index (χ4v) is 1.36. The highest BCUT2D eigenvalue weighted by Crippen LogP contribution is 2.09. The van der Waals surface area contributed by atoms with Crippen molar-refractivity contribution in [2.75, 3.05) is 13.2 Å². The fraction of sp³-hybridized carbons (Fsp3) is 0.700. The van der Waals surface area contributed by atoms with Crippen LogP contribution in [0.25, 0.3) is 0 Å². The van der Waals surface area contributed by atoms with Gasteiger partial charge in [-0.15, -0.1) is 5.10 Å². The first-order chi connectivity index (χ1) is 8.04. The second kappa shape index (κ2) is 6.31. The van der Waals surface area contributed by atoms with E-state index in [1.807, 2.05) is 13.8 Å². The summed E-state index contributed by atoms with van der Waals surface area (Å²) in [5, 5.41) is 19.5. The maximum atomic E-state index is 11.3. The van der Waals surface area contributed by atoms with Crippen molar-refractivity contribution in [2.24, 2.45) is 11.7 Å². The minimum absolute atomic E-state index is 0.0243. The van der Waals surface area contributed by atoms with Crippen LogP contribution in [-0.4, -0.2) is 39.2 Å². The van der Waals surface area contributed by atoms with Crippen molar-refractivity contribution in [1.82, 2.24) is 20.3 Å². The summed E-state index contributed by atoms with van der Waals surface area (Å²) in [4.78, 5) is 11.3. The van der Waals surface area contributed by atoms with Crippen molar-refractivity contribution in [3.63, 3.8) is 0 Å². The van der Waals surface area contributed by atoms with Crippen LogP contribution in [0.5, 0.6) is 0 Å². The van der Waals surface area contributed by atoms with E-state index in [9.17, 15) is 4.79 Å². The summed E-state index contributed by atoms with van der Waals surface area (Å²) < 4.78 is 1.47. The fourth-order valence-electron chi connectivity index (χ4n) is 1.36. The molecule has 0 spiro atoms. The summed E-state index contributed by atoms with van der Waals surface area (Å²) in [5.41, 5.74) is 5.79. The Hall–Kier alpha value is -1.47. The van der Waals surface area contributed by atoms with Gasteiger partial charge in [-0.1, -0.05) is 19.1 Å². The predicted octanol–water partition coefficient (Wildman–Crippen LogP) is -0.958. The molecule has 1 unspecified atom stereocenters. The maximum absolute atomic E-state index is 11.3. The predicted molar refractivity (Wildman–Crippen MR) is 61.9 cm³/mol. The van der Waals surface area contributed by atoms with E-state index in [-0.39, 0.29) is 6.61 Å². The van der Waals surface area contributed by atoms with Gasteiger partial charge in [-0.05, 0) is 12.5 Å². The lowest BCUT2D eigenvalue weighted by atomic mass is 10.1. The number of carbonyl (C=O) groups is 1. The molecule has 1 heterocycles. The lowest BCUT2D eigenvalue weighted by Gasteiger charge is -2.14. The van der Waals surface area contributed by atoms with E-state index in [2.05, 4.69) is 15.6 Å². The van der Waals surface area contributed by atoms with Gasteiger partial charge in [0.15, 0.2) is 0 Å². The summed E-state index contributed by atoms with van der Waals surface area (Å²) in [6.45, 7) is 5.06. The topological polar surface area (TPSA) is 106 Å². The third-order valence-corrected chi connectivity index (χ3v) is 2.20. The van der Waals surface area contributed by atoms with Gasteiger partial charge in [-0.2, -0.15) is 0 Å². The van der Waals surface area contributed by atoms with E-state index in [0.717, 1.165) is 0 Å². The molecule has 0 radical (unpaired) electrons. The Kier molecular flexibility index (Phi) is 5.05. The quantitative estimate of drug-likeness (QED) is 0.570. The van der Waals surface area contributed by atoms with Crippen LogP contribution in [0.1, 0.15) is 25.6 Å². The zero-order chi connectivity index (χ0) is 12.8. The molecule has 0 aliphatic carbocycles. The molecule has 1 aromatic heterocycles. The van der Waals surface area contributed by atoms with E-state index in [0.29, 0.717) is 24.7 Å². The maximum Gasteiger partial charge on any atom is 0.240 e. The van der Waals surface area contributed by atoms with Gasteiger partial charge in [0.05, 0.1) is 19.3 Å². The summed E-state index contributed by atoms with van der Waals surface area (Å²) in [6.07, 6.45) is 1.61. The number of carbonyl (C=O) groups excluding carboxylic acids is 1. The molecule has 1 amide bonds. The Labute approximate surface area is 100.0 Å². The first-order valence-corrected chi connectivity index (χ1v) is 5.58. The molecule has 0 saturated heterocycles. The first kappa shape index (κ1) is 13.6. The number of hydrogen-bond donors (Lipinski definition) is 3. The highest BCUT2D eigenvalue weighted by molar-refractivity contribution is 5.80. The number of nitrogens with zero attached hydrogens (tertiary/aromatic N) is 3. The van der Waals surface area contributed by atoms with Crippen molar-refractivity contribution in [3.05, 3.63) is 11.9 Å². The molecule has 1 aromatic rings. The number of aromatic nitrogens is 3. The Morgan fingerprint density at radius 2 is 2.35 bits per heavy atom. The van der Waals surface area contributed by atoms with Crippen LogP contribution in [0.2, 0.25) is 0 Å². The Balaban J connectivity index is 2.71. The zero-order valence-electron chi connectivity index (χ0n) is 10.1. The number of rotatable bonds is 7. The molecule has 1 atom stereocenters. The van der Waals surface area contributed by atoms with Crippen molar-refractivity contribution < 1.29 is 9.90 Å². The number of primary amides is 1. The lowest BCUT2D eigenvalue weighted by molar-refractivity contribution is -0.120. The molecule has 0 aromatic carbocycles. The van der Waals surface area contributed by atoms with Crippen molar-refractivity contribution >= 4 is 5.91 Å². The van der Waals surface area contributed by atoms with Crippen LogP contribution in [-0.2, 0) is 11.3 Å². The van der Waals surface area contributed by atoms with Crippen LogP contribution in [0.3, 0.4) is 0 Å². The first-order valence-electron chi connectivity index (χ1n) is 5.58. The van der Waals surface area contributed by atoms with Gasteiger partial charge in [0.25, 0.3) is 0 Å². The summed E-state index contributed by atoms with van der Waals surface area (Å²) in [5.74, 6) is -0.0777. The molecule has 0 aliphatic rings. The van der Waals surface area contributed by atoms with E-state index >= 15 is 0 Å². The van der Waals surface area contributed by atoms with Gasteiger partial charge >= 0.3 is 0 Å². The molecular weight excluding hydrogens is 222 g/mol. The Morgan fingerprint density at radius 3 is 2.88 bits per heavy atom. The van der Waals surface area contributed by atoms with E-state index in [1.54, 1.807) is 6.20 Å². The standard InChI is InChI=1S/C10H19N5O2/c1-7(2)5-12-9(10(11)17)8-6-15(3-4-16)14-13-8/h6-7,9,12,16H,3-5H2,1-2H3,(H2,11,17). The van der Waals surface area contributed by atoms with Crippen LogP contribution >= 0.6 is 0 Å². The summed E-state index contributed by atoms with van der Waals surface area (Å²) in [7, 11) is 0. The zero-order valence-corrected chi connectivity index (χ0v) is 10.1. The van der Waals surface area contributed by atoms with Gasteiger partial charge in [0.1, 0.15) is 11.7 Å². The lowest BCUT2D eigenvalue weighted by Crippen LogP contribution is -2.35. The number of hydrogen-bond acceptors (Lipinski definition) is 5. The normalized spacial score (nSPS) is 12.9.